The first-order valence-electron chi connectivity index (χ1n) is 6.44. The fourth-order valence-corrected chi connectivity index (χ4v) is 4.48. The topological polar surface area (TPSA) is 12.9 Å². The Morgan fingerprint density at radius 2 is 1.81 bits per heavy atom. The molecular formula is C13H18BrNS. The molecule has 0 saturated heterocycles. The molecule has 0 bridgehead atoms. The third kappa shape index (κ3) is 2.21. The maximum atomic E-state index is 4.96. The molecule has 0 aliphatic heterocycles. The smallest absolute Gasteiger partial charge is 0.0962 e. The molecule has 0 N–H and O–H groups in total. The van der Waals surface area contributed by atoms with Gasteiger partial charge in [-0.15, -0.1) is 11.3 Å². The number of alkyl halides is 1. The Morgan fingerprint density at radius 1 is 1.06 bits per heavy atom. The van der Waals surface area contributed by atoms with Gasteiger partial charge in [-0.1, -0.05) is 35.2 Å². The molecule has 1 nitrogen and oxygen atoms in total. The van der Waals surface area contributed by atoms with Crippen LogP contribution >= 0.6 is 27.3 Å². The van der Waals surface area contributed by atoms with Crippen LogP contribution in [0.1, 0.15) is 72.4 Å². The summed E-state index contributed by atoms with van der Waals surface area (Å²) in [7, 11) is 0. The molecule has 1 heterocycles. The minimum absolute atomic E-state index is 0.782. The highest BCUT2D eigenvalue weighted by molar-refractivity contribution is 9.08. The van der Waals surface area contributed by atoms with Crippen LogP contribution in [0.5, 0.6) is 0 Å². The first-order valence-corrected chi connectivity index (χ1v) is 8.37. The second-order valence-corrected chi connectivity index (χ2v) is 6.78. The number of halogens is 1. The maximum absolute atomic E-state index is 4.96. The van der Waals surface area contributed by atoms with Gasteiger partial charge in [-0.2, -0.15) is 0 Å². The van der Waals surface area contributed by atoms with E-state index in [1.807, 2.05) is 11.3 Å². The maximum Gasteiger partial charge on any atom is 0.0962 e. The minimum Gasteiger partial charge on any atom is -0.245 e. The molecule has 88 valence electrons. The Morgan fingerprint density at radius 3 is 2.44 bits per heavy atom. The molecule has 1 aromatic rings. The largest absolute Gasteiger partial charge is 0.245 e. The van der Waals surface area contributed by atoms with Crippen LogP contribution in [-0.4, -0.2) is 4.98 Å². The summed E-state index contributed by atoms with van der Waals surface area (Å²) >= 11 is 5.59. The van der Waals surface area contributed by atoms with Crippen LogP contribution in [0.2, 0.25) is 0 Å². The van der Waals surface area contributed by atoms with E-state index in [1.54, 1.807) is 0 Å². The molecular weight excluding hydrogens is 282 g/mol. The van der Waals surface area contributed by atoms with Gasteiger partial charge in [0.15, 0.2) is 0 Å². The molecule has 0 atom stereocenters. The molecule has 2 aliphatic rings. The SMILES string of the molecule is BrCc1sc(C2CCCCC2)nc1C1CC1. The van der Waals surface area contributed by atoms with Crippen LogP contribution in [0.15, 0.2) is 0 Å². The molecule has 1 aromatic heterocycles. The molecule has 3 rings (SSSR count). The number of aromatic nitrogens is 1. The van der Waals surface area contributed by atoms with Crippen molar-refractivity contribution >= 4 is 27.3 Å². The summed E-state index contributed by atoms with van der Waals surface area (Å²) in [5, 5.41) is 2.44. The molecule has 16 heavy (non-hydrogen) atoms. The van der Waals surface area contributed by atoms with E-state index < -0.39 is 0 Å². The van der Waals surface area contributed by atoms with Crippen LogP contribution in [0.25, 0.3) is 0 Å². The minimum atomic E-state index is 0.782. The van der Waals surface area contributed by atoms with Crippen molar-refractivity contribution in [1.29, 1.82) is 0 Å². The quantitative estimate of drug-likeness (QED) is 0.719. The summed E-state index contributed by atoms with van der Waals surface area (Å²) in [6, 6.07) is 0. The van der Waals surface area contributed by atoms with Crippen molar-refractivity contribution in [3.05, 3.63) is 15.6 Å². The Hall–Kier alpha value is 0.110. The fourth-order valence-electron chi connectivity index (χ4n) is 2.68. The van der Waals surface area contributed by atoms with Gasteiger partial charge in [0.2, 0.25) is 0 Å². The van der Waals surface area contributed by atoms with Crippen LogP contribution < -0.4 is 0 Å². The van der Waals surface area contributed by atoms with Gasteiger partial charge >= 0.3 is 0 Å². The molecule has 0 aromatic carbocycles. The Kier molecular flexibility index (Phi) is 3.34. The average Bonchev–Trinajstić information content (AvgIpc) is 3.10. The van der Waals surface area contributed by atoms with E-state index in [-0.39, 0.29) is 0 Å². The van der Waals surface area contributed by atoms with E-state index in [1.165, 1.54) is 60.5 Å². The lowest BCUT2D eigenvalue weighted by Crippen LogP contribution is -2.04. The van der Waals surface area contributed by atoms with Gasteiger partial charge in [0, 0.05) is 22.0 Å². The lowest BCUT2D eigenvalue weighted by atomic mass is 9.90. The summed E-state index contributed by atoms with van der Waals surface area (Å²) in [4.78, 5) is 6.46. The Balaban J connectivity index is 1.83. The first kappa shape index (κ1) is 11.2. The summed E-state index contributed by atoms with van der Waals surface area (Å²) in [6.45, 7) is 0. The van der Waals surface area contributed by atoms with E-state index in [9.17, 15) is 0 Å². The van der Waals surface area contributed by atoms with Crippen molar-refractivity contribution in [2.75, 3.05) is 0 Å². The van der Waals surface area contributed by atoms with E-state index in [0.717, 1.165) is 17.2 Å². The number of thiazole rings is 1. The second kappa shape index (κ2) is 4.77. The third-order valence-corrected chi connectivity index (χ3v) is 5.95. The lowest BCUT2D eigenvalue weighted by molar-refractivity contribution is 0.442. The highest BCUT2D eigenvalue weighted by Crippen LogP contribution is 2.45. The molecule has 0 radical (unpaired) electrons. The van der Waals surface area contributed by atoms with Gasteiger partial charge in [-0.05, 0) is 25.7 Å². The predicted octanol–water partition coefficient (Wildman–Crippen LogP) is 4.96. The number of nitrogens with zero attached hydrogens (tertiary/aromatic N) is 1. The second-order valence-electron chi connectivity index (χ2n) is 5.10. The van der Waals surface area contributed by atoms with Gasteiger partial charge in [-0.3, -0.25) is 0 Å². The average molecular weight is 300 g/mol. The normalized spacial score (nSPS) is 22.6. The van der Waals surface area contributed by atoms with Crippen LogP contribution in [0.4, 0.5) is 0 Å². The molecule has 2 saturated carbocycles. The van der Waals surface area contributed by atoms with Gasteiger partial charge in [0.25, 0.3) is 0 Å². The Labute approximate surface area is 110 Å². The van der Waals surface area contributed by atoms with Gasteiger partial charge in [-0.25, -0.2) is 4.98 Å². The van der Waals surface area contributed by atoms with Crippen molar-refractivity contribution in [1.82, 2.24) is 4.98 Å². The summed E-state index contributed by atoms with van der Waals surface area (Å²) in [6.07, 6.45) is 9.74. The monoisotopic (exact) mass is 299 g/mol. The van der Waals surface area contributed by atoms with Gasteiger partial charge in [0.1, 0.15) is 0 Å². The third-order valence-electron chi connectivity index (χ3n) is 3.78. The van der Waals surface area contributed by atoms with Gasteiger partial charge in [0.05, 0.1) is 10.7 Å². The first-order chi connectivity index (χ1) is 7.88. The molecule has 3 heteroatoms. The van der Waals surface area contributed by atoms with Crippen LogP contribution in [0, 0.1) is 0 Å². The summed E-state index contributed by atoms with van der Waals surface area (Å²) in [5.74, 6) is 1.59. The molecule has 0 amide bonds. The molecule has 0 unspecified atom stereocenters. The number of hydrogen-bond acceptors (Lipinski definition) is 2. The van der Waals surface area contributed by atoms with E-state index >= 15 is 0 Å². The molecule has 2 aliphatic carbocycles. The summed E-state index contributed by atoms with van der Waals surface area (Å²) in [5.41, 5.74) is 1.43. The van der Waals surface area contributed by atoms with Crippen molar-refractivity contribution in [3.8, 4) is 0 Å². The molecule has 0 spiro atoms. The Bertz CT molecular complexity index is 364. The zero-order valence-corrected chi connectivity index (χ0v) is 11.9. The van der Waals surface area contributed by atoms with Gasteiger partial charge < -0.3 is 0 Å². The summed E-state index contributed by atoms with van der Waals surface area (Å²) < 4.78 is 0. The van der Waals surface area contributed by atoms with E-state index in [0.29, 0.717) is 0 Å². The van der Waals surface area contributed by atoms with Crippen molar-refractivity contribution < 1.29 is 0 Å². The predicted molar refractivity (Wildman–Crippen MR) is 72.5 cm³/mol. The fraction of sp³-hybridized carbons (Fsp3) is 0.769. The standard InChI is InChI=1S/C13H18BrNS/c14-8-11-12(9-6-7-9)15-13(16-11)10-4-2-1-3-5-10/h9-10H,1-8H2. The van der Waals surface area contributed by atoms with E-state index in [4.69, 9.17) is 4.98 Å². The zero-order valence-electron chi connectivity index (χ0n) is 9.54. The van der Waals surface area contributed by atoms with Crippen LogP contribution in [0.3, 0.4) is 0 Å². The van der Waals surface area contributed by atoms with Crippen molar-refractivity contribution in [3.63, 3.8) is 0 Å². The van der Waals surface area contributed by atoms with E-state index in [2.05, 4.69) is 15.9 Å². The number of rotatable bonds is 3. The molecule has 2 fully saturated rings. The highest BCUT2D eigenvalue weighted by atomic mass is 79.9. The van der Waals surface area contributed by atoms with Crippen LogP contribution in [-0.2, 0) is 5.33 Å². The number of hydrogen-bond donors (Lipinski definition) is 0. The lowest BCUT2D eigenvalue weighted by Gasteiger charge is -2.18. The van der Waals surface area contributed by atoms with Crippen molar-refractivity contribution in [2.45, 2.75) is 62.1 Å². The highest BCUT2D eigenvalue weighted by Gasteiger charge is 2.30. The van der Waals surface area contributed by atoms with Crippen molar-refractivity contribution in [2.24, 2.45) is 0 Å². The zero-order chi connectivity index (χ0) is 11.0.